The van der Waals surface area contributed by atoms with Gasteiger partial charge in [-0.3, -0.25) is 5.10 Å². The Labute approximate surface area is 210 Å². The smallest absolute Gasteiger partial charge is 0.389 e. The molecule has 0 atom stereocenters. The summed E-state index contributed by atoms with van der Waals surface area (Å²) in [4.78, 5) is 12.0. The third kappa shape index (κ3) is 5.30. The van der Waals surface area contributed by atoms with Crippen molar-refractivity contribution >= 4 is 17.0 Å². The molecule has 0 bridgehead atoms. The summed E-state index contributed by atoms with van der Waals surface area (Å²) in [5.74, 6) is 0.292. The fourth-order valence-electron chi connectivity index (χ4n) is 4.89. The Morgan fingerprint density at radius 3 is 2.64 bits per heavy atom. The standard InChI is InChI=1S/C24H28F3N7OS/c1-14-8-16(11-34-21(14)29-13-30-34)19-17(9-24(25,26)27)20(32-31-19)22-28-10-18(36-22)15-4-6-33(7-5-15)12-23(2,3)35/h8,10-11,13,15,35H,4-7,9,12H2,1-3H3,(H,31,32). The number of aryl methyl sites for hydroxylation is 1. The number of nitrogens with one attached hydrogen (secondary N) is 1. The van der Waals surface area contributed by atoms with Crippen molar-refractivity contribution in [3.63, 3.8) is 0 Å². The number of halogens is 3. The molecule has 8 nitrogen and oxygen atoms in total. The summed E-state index contributed by atoms with van der Waals surface area (Å²) in [5, 5.41) is 21.8. The molecule has 0 amide bonds. The van der Waals surface area contributed by atoms with Crippen LogP contribution in [0.25, 0.3) is 27.6 Å². The molecule has 5 heterocycles. The number of rotatable bonds is 6. The third-order valence-electron chi connectivity index (χ3n) is 6.41. The largest absolute Gasteiger partial charge is 0.393 e. The molecule has 1 aliphatic heterocycles. The average Bonchev–Trinajstić information content (AvgIpc) is 3.51. The number of β-amino-alcohol motifs (C(OH)–C–C–N with tert-alkyl or cyclic N) is 1. The fourth-order valence-corrected chi connectivity index (χ4v) is 6.00. The van der Waals surface area contributed by atoms with Crippen LogP contribution in [0.2, 0.25) is 0 Å². The molecular weight excluding hydrogens is 491 g/mol. The summed E-state index contributed by atoms with van der Waals surface area (Å²) >= 11 is 1.42. The number of hydrogen-bond acceptors (Lipinski definition) is 7. The van der Waals surface area contributed by atoms with Gasteiger partial charge in [-0.1, -0.05) is 0 Å². The molecule has 0 unspecified atom stereocenters. The monoisotopic (exact) mass is 519 g/mol. The lowest BCUT2D eigenvalue weighted by molar-refractivity contribution is -0.127. The molecule has 192 valence electrons. The summed E-state index contributed by atoms with van der Waals surface area (Å²) in [6, 6.07) is 1.78. The van der Waals surface area contributed by atoms with Crippen LogP contribution < -0.4 is 0 Å². The molecule has 0 spiro atoms. The first-order chi connectivity index (χ1) is 17.0. The highest BCUT2D eigenvalue weighted by atomic mass is 32.1. The average molecular weight is 520 g/mol. The number of nitrogens with zero attached hydrogens (tertiary/aromatic N) is 6. The molecule has 2 N–H and O–H groups in total. The van der Waals surface area contributed by atoms with E-state index in [0.29, 0.717) is 34.4 Å². The first-order valence-electron chi connectivity index (χ1n) is 11.8. The number of hydrogen-bond donors (Lipinski definition) is 2. The SMILES string of the molecule is Cc1cc(-c2n[nH]c(-c3ncc(C4CCN(CC(C)(C)O)CC4)s3)c2CC(F)(F)F)cn2ncnc12. The number of likely N-dealkylation sites (tertiary alicyclic amines) is 1. The van der Waals surface area contributed by atoms with Crippen LogP contribution in [0.1, 0.15) is 48.6 Å². The summed E-state index contributed by atoms with van der Waals surface area (Å²) in [6.45, 7) is 7.78. The lowest BCUT2D eigenvalue weighted by Gasteiger charge is -2.34. The van der Waals surface area contributed by atoms with Crippen LogP contribution >= 0.6 is 11.3 Å². The number of pyridine rings is 1. The van der Waals surface area contributed by atoms with Crippen molar-refractivity contribution in [1.82, 2.24) is 34.7 Å². The minimum atomic E-state index is -4.41. The van der Waals surface area contributed by atoms with E-state index in [0.717, 1.165) is 36.4 Å². The van der Waals surface area contributed by atoms with E-state index >= 15 is 0 Å². The topological polar surface area (TPSA) is 95.2 Å². The molecule has 4 aromatic rings. The second kappa shape index (κ2) is 9.24. The van der Waals surface area contributed by atoms with Crippen molar-refractivity contribution in [2.45, 2.75) is 57.7 Å². The van der Waals surface area contributed by atoms with Crippen LogP contribution in [0.5, 0.6) is 0 Å². The number of aromatic amines is 1. The summed E-state index contributed by atoms with van der Waals surface area (Å²) < 4.78 is 42.4. The zero-order chi connectivity index (χ0) is 25.7. The number of thiazole rings is 1. The van der Waals surface area contributed by atoms with Crippen molar-refractivity contribution in [3.8, 4) is 22.0 Å². The fraction of sp³-hybridized carbons (Fsp3) is 0.500. The van der Waals surface area contributed by atoms with Crippen LogP contribution in [-0.4, -0.2) is 71.2 Å². The van der Waals surface area contributed by atoms with Gasteiger partial charge in [0.25, 0.3) is 0 Å². The molecule has 1 aliphatic rings. The van der Waals surface area contributed by atoms with Crippen LogP contribution in [0.15, 0.2) is 24.8 Å². The molecule has 1 saturated heterocycles. The highest BCUT2D eigenvalue weighted by Gasteiger charge is 2.34. The maximum Gasteiger partial charge on any atom is 0.393 e. The van der Waals surface area contributed by atoms with Gasteiger partial charge in [-0.25, -0.2) is 14.5 Å². The molecule has 0 radical (unpaired) electrons. The van der Waals surface area contributed by atoms with Gasteiger partial charge in [-0.2, -0.15) is 23.4 Å². The van der Waals surface area contributed by atoms with Crippen molar-refractivity contribution in [2.24, 2.45) is 0 Å². The van der Waals surface area contributed by atoms with Gasteiger partial charge >= 0.3 is 6.18 Å². The molecule has 4 aromatic heterocycles. The minimum absolute atomic E-state index is 0.0715. The zero-order valence-electron chi connectivity index (χ0n) is 20.3. The van der Waals surface area contributed by atoms with Gasteiger partial charge in [-0.05, 0) is 64.3 Å². The lowest BCUT2D eigenvalue weighted by Crippen LogP contribution is -2.42. The summed E-state index contributed by atoms with van der Waals surface area (Å²) in [7, 11) is 0. The summed E-state index contributed by atoms with van der Waals surface area (Å²) in [5.41, 5.74) is 1.83. The molecule has 0 aliphatic carbocycles. The third-order valence-corrected chi connectivity index (χ3v) is 7.59. The molecule has 12 heteroatoms. The van der Waals surface area contributed by atoms with E-state index in [-0.39, 0.29) is 11.3 Å². The molecule has 0 saturated carbocycles. The van der Waals surface area contributed by atoms with E-state index in [1.807, 2.05) is 6.92 Å². The second-order valence-corrected chi connectivity index (χ2v) is 11.2. The Morgan fingerprint density at radius 1 is 1.19 bits per heavy atom. The first-order valence-corrected chi connectivity index (χ1v) is 12.6. The highest BCUT2D eigenvalue weighted by Crippen LogP contribution is 2.39. The Hall–Kier alpha value is -2.83. The van der Waals surface area contributed by atoms with Crippen LogP contribution in [0.3, 0.4) is 0 Å². The lowest BCUT2D eigenvalue weighted by atomic mass is 9.95. The normalized spacial score (nSPS) is 16.3. The number of aromatic nitrogens is 6. The van der Waals surface area contributed by atoms with E-state index < -0.39 is 18.2 Å². The van der Waals surface area contributed by atoms with E-state index in [2.05, 4.69) is 30.2 Å². The maximum absolute atomic E-state index is 13.6. The van der Waals surface area contributed by atoms with Crippen LogP contribution in [0.4, 0.5) is 13.2 Å². The quantitative estimate of drug-likeness (QED) is 0.387. The molecule has 0 aromatic carbocycles. The Morgan fingerprint density at radius 2 is 1.94 bits per heavy atom. The number of piperidine rings is 1. The van der Waals surface area contributed by atoms with E-state index in [4.69, 9.17) is 0 Å². The number of alkyl halides is 3. The van der Waals surface area contributed by atoms with E-state index in [1.54, 1.807) is 36.8 Å². The first kappa shape index (κ1) is 24.8. The van der Waals surface area contributed by atoms with E-state index in [9.17, 15) is 18.3 Å². The zero-order valence-corrected chi connectivity index (χ0v) is 21.1. The van der Waals surface area contributed by atoms with Gasteiger partial charge in [-0.15, -0.1) is 11.3 Å². The van der Waals surface area contributed by atoms with Gasteiger partial charge in [0.05, 0.1) is 23.4 Å². The number of fused-ring (bicyclic) bond motifs is 1. The minimum Gasteiger partial charge on any atom is -0.389 e. The van der Waals surface area contributed by atoms with Crippen LogP contribution in [-0.2, 0) is 6.42 Å². The predicted molar refractivity (Wildman–Crippen MR) is 131 cm³/mol. The van der Waals surface area contributed by atoms with Crippen molar-refractivity contribution < 1.29 is 18.3 Å². The van der Waals surface area contributed by atoms with Crippen molar-refractivity contribution in [2.75, 3.05) is 19.6 Å². The molecule has 1 fully saturated rings. The molecule has 36 heavy (non-hydrogen) atoms. The van der Waals surface area contributed by atoms with Gasteiger partial charge in [0.1, 0.15) is 11.3 Å². The summed E-state index contributed by atoms with van der Waals surface area (Å²) in [6.07, 6.45) is 1.13. The van der Waals surface area contributed by atoms with Gasteiger partial charge in [0, 0.05) is 34.9 Å². The van der Waals surface area contributed by atoms with Gasteiger partial charge < -0.3 is 10.0 Å². The van der Waals surface area contributed by atoms with Crippen molar-refractivity contribution in [3.05, 3.63) is 40.8 Å². The Bertz CT molecular complexity index is 1360. The number of aliphatic hydroxyl groups is 1. The van der Waals surface area contributed by atoms with E-state index in [1.165, 1.54) is 17.7 Å². The Kier molecular flexibility index (Phi) is 6.38. The van der Waals surface area contributed by atoms with Gasteiger partial charge in [0.2, 0.25) is 0 Å². The molecular formula is C24H28F3N7OS. The van der Waals surface area contributed by atoms with Gasteiger partial charge in [0.15, 0.2) is 5.65 Å². The maximum atomic E-state index is 13.6. The highest BCUT2D eigenvalue weighted by molar-refractivity contribution is 7.15. The number of H-pyrrole nitrogens is 1. The Balaban J connectivity index is 1.44. The molecule has 5 rings (SSSR count). The second-order valence-electron chi connectivity index (χ2n) is 10.1. The van der Waals surface area contributed by atoms with Crippen LogP contribution in [0, 0.1) is 6.92 Å². The predicted octanol–water partition coefficient (Wildman–Crippen LogP) is 4.61. The van der Waals surface area contributed by atoms with Crippen molar-refractivity contribution in [1.29, 1.82) is 0 Å².